The molecule has 0 unspecified atom stereocenters. The Balaban J connectivity index is 2.47. The first-order valence-electron chi connectivity index (χ1n) is 5.42. The van der Waals surface area contributed by atoms with E-state index in [-0.39, 0.29) is 0 Å². The molecule has 1 heterocycles. The number of aromatic nitrogens is 1. The van der Waals surface area contributed by atoms with E-state index in [0.29, 0.717) is 15.8 Å². The first-order chi connectivity index (χ1) is 8.70. The van der Waals surface area contributed by atoms with E-state index in [1.54, 1.807) is 13.2 Å². The van der Waals surface area contributed by atoms with Gasteiger partial charge in [0.2, 0.25) is 0 Å². The van der Waals surface area contributed by atoms with Crippen molar-refractivity contribution in [2.45, 2.75) is 0 Å². The molecule has 0 radical (unpaired) electrons. The molecule has 0 amide bonds. The van der Waals surface area contributed by atoms with Crippen LogP contribution >= 0.6 is 23.2 Å². The molecule has 4 heteroatoms. The van der Waals surface area contributed by atoms with E-state index in [1.807, 2.05) is 30.3 Å². The molecule has 0 N–H and O–H groups in total. The second-order valence-corrected chi connectivity index (χ2v) is 4.74. The summed E-state index contributed by atoms with van der Waals surface area (Å²) in [6.07, 6.45) is 0. The van der Waals surface area contributed by atoms with E-state index in [2.05, 4.69) is 4.98 Å². The van der Waals surface area contributed by atoms with E-state index in [9.17, 15) is 0 Å². The van der Waals surface area contributed by atoms with Gasteiger partial charge in [0.05, 0.1) is 28.2 Å². The minimum absolute atomic E-state index is 0.470. The molecule has 3 rings (SSSR count). The predicted octanol–water partition coefficient (Wildman–Crippen LogP) is 4.70. The number of benzene rings is 2. The molecule has 0 aliphatic heterocycles. The predicted molar refractivity (Wildman–Crippen MR) is 75.8 cm³/mol. The lowest BCUT2D eigenvalue weighted by molar-refractivity contribution is 0.416. The molecule has 3 aromatic rings. The van der Waals surface area contributed by atoms with E-state index >= 15 is 0 Å². The molecule has 18 heavy (non-hydrogen) atoms. The van der Waals surface area contributed by atoms with Gasteiger partial charge >= 0.3 is 0 Å². The summed E-state index contributed by atoms with van der Waals surface area (Å²) < 4.78 is 5.20. The van der Waals surface area contributed by atoms with Gasteiger partial charge in [-0.25, -0.2) is 4.98 Å². The second-order valence-electron chi connectivity index (χ2n) is 3.95. The summed E-state index contributed by atoms with van der Waals surface area (Å²) >= 11 is 12.4. The van der Waals surface area contributed by atoms with Crippen LogP contribution in [0.3, 0.4) is 0 Å². The maximum absolute atomic E-state index is 6.30. The van der Waals surface area contributed by atoms with Crippen LogP contribution < -0.4 is 4.74 Å². The fourth-order valence-electron chi connectivity index (χ4n) is 2.02. The molecule has 0 saturated heterocycles. The van der Waals surface area contributed by atoms with Gasteiger partial charge in [-0.2, -0.15) is 0 Å². The number of pyridine rings is 1. The first kappa shape index (κ1) is 11.6. The van der Waals surface area contributed by atoms with Crippen molar-refractivity contribution in [2.75, 3.05) is 7.11 Å². The van der Waals surface area contributed by atoms with Gasteiger partial charge in [0.15, 0.2) is 5.75 Å². The normalized spacial score (nSPS) is 11.1. The standard InChI is InChI=1S/C14H9Cl2NO/c1-18-14-10(15)7-12-9(13(14)16)6-8-4-2-3-5-11(8)17-12/h2-7H,1H3. The quantitative estimate of drug-likeness (QED) is 0.602. The second kappa shape index (κ2) is 4.30. The van der Waals surface area contributed by atoms with Gasteiger partial charge in [-0.3, -0.25) is 0 Å². The molecule has 0 spiro atoms. The molecule has 0 atom stereocenters. The van der Waals surface area contributed by atoms with Gasteiger partial charge in [-0.15, -0.1) is 0 Å². The Morgan fingerprint density at radius 3 is 2.61 bits per heavy atom. The monoisotopic (exact) mass is 277 g/mol. The lowest BCUT2D eigenvalue weighted by Gasteiger charge is -2.09. The van der Waals surface area contributed by atoms with Crippen molar-refractivity contribution in [2.24, 2.45) is 0 Å². The van der Waals surface area contributed by atoms with Crippen LogP contribution in [0.2, 0.25) is 10.0 Å². The van der Waals surface area contributed by atoms with Crippen molar-refractivity contribution in [1.29, 1.82) is 0 Å². The van der Waals surface area contributed by atoms with Crippen molar-refractivity contribution in [3.63, 3.8) is 0 Å². The Morgan fingerprint density at radius 1 is 1.06 bits per heavy atom. The van der Waals surface area contributed by atoms with E-state index in [0.717, 1.165) is 21.8 Å². The lowest BCUT2D eigenvalue weighted by atomic mass is 10.1. The number of hydrogen-bond acceptors (Lipinski definition) is 2. The minimum Gasteiger partial charge on any atom is -0.494 e. The van der Waals surface area contributed by atoms with Gasteiger partial charge in [0, 0.05) is 10.8 Å². The highest BCUT2D eigenvalue weighted by molar-refractivity contribution is 6.41. The number of ether oxygens (including phenoxy) is 1. The molecule has 2 nitrogen and oxygen atoms in total. The highest BCUT2D eigenvalue weighted by Crippen LogP contribution is 2.39. The summed E-state index contributed by atoms with van der Waals surface area (Å²) in [7, 11) is 1.55. The van der Waals surface area contributed by atoms with Gasteiger partial charge < -0.3 is 4.74 Å². The highest BCUT2D eigenvalue weighted by Gasteiger charge is 2.12. The van der Waals surface area contributed by atoms with Crippen molar-refractivity contribution in [3.8, 4) is 5.75 Å². The van der Waals surface area contributed by atoms with Crippen molar-refractivity contribution >= 4 is 45.0 Å². The molecule has 1 aromatic heterocycles. The summed E-state index contributed by atoms with van der Waals surface area (Å²) in [6, 6.07) is 11.7. The maximum atomic E-state index is 6.30. The third kappa shape index (κ3) is 1.69. The van der Waals surface area contributed by atoms with E-state index in [1.165, 1.54) is 0 Å². The average molecular weight is 278 g/mol. The smallest absolute Gasteiger partial charge is 0.156 e. The van der Waals surface area contributed by atoms with Crippen LogP contribution in [-0.4, -0.2) is 12.1 Å². The molecule has 2 aromatic carbocycles. The highest BCUT2D eigenvalue weighted by atomic mass is 35.5. The number of halogens is 2. The zero-order valence-corrected chi connectivity index (χ0v) is 11.1. The zero-order valence-electron chi connectivity index (χ0n) is 9.58. The number of hydrogen-bond donors (Lipinski definition) is 0. The van der Waals surface area contributed by atoms with Gasteiger partial charge in [-0.05, 0) is 18.2 Å². The molecular formula is C14H9Cl2NO. The number of methoxy groups -OCH3 is 1. The van der Waals surface area contributed by atoms with Crippen LogP contribution in [0.4, 0.5) is 0 Å². The molecule has 0 saturated carbocycles. The molecule has 0 aliphatic rings. The summed E-state index contributed by atoms with van der Waals surface area (Å²) in [5, 5.41) is 2.85. The van der Waals surface area contributed by atoms with Crippen molar-refractivity contribution < 1.29 is 4.74 Å². The molecule has 90 valence electrons. The van der Waals surface area contributed by atoms with Crippen LogP contribution in [0.15, 0.2) is 36.4 Å². The van der Waals surface area contributed by atoms with Crippen molar-refractivity contribution in [3.05, 3.63) is 46.4 Å². The third-order valence-electron chi connectivity index (χ3n) is 2.87. The van der Waals surface area contributed by atoms with Crippen molar-refractivity contribution in [1.82, 2.24) is 4.98 Å². The number of nitrogens with zero attached hydrogens (tertiary/aromatic N) is 1. The fraction of sp³-hybridized carbons (Fsp3) is 0.0714. The van der Waals surface area contributed by atoms with Crippen LogP contribution in [0.1, 0.15) is 0 Å². The number of fused-ring (bicyclic) bond motifs is 2. The Bertz CT molecular complexity index is 755. The summed E-state index contributed by atoms with van der Waals surface area (Å²) in [4.78, 5) is 4.55. The van der Waals surface area contributed by atoms with E-state index < -0.39 is 0 Å². The SMILES string of the molecule is COc1c(Cl)cc2nc3ccccc3cc2c1Cl. The van der Waals surface area contributed by atoms with Crippen LogP contribution in [0, 0.1) is 0 Å². The lowest BCUT2D eigenvalue weighted by Crippen LogP contribution is -1.89. The molecule has 0 fully saturated rings. The van der Waals surface area contributed by atoms with Crippen LogP contribution in [-0.2, 0) is 0 Å². The summed E-state index contributed by atoms with van der Waals surface area (Å²) in [5.41, 5.74) is 1.69. The average Bonchev–Trinajstić information content (AvgIpc) is 2.37. The van der Waals surface area contributed by atoms with Crippen LogP contribution in [0.5, 0.6) is 5.75 Å². The summed E-state index contributed by atoms with van der Waals surface area (Å²) in [5.74, 6) is 0.489. The Kier molecular flexibility index (Phi) is 2.77. The van der Waals surface area contributed by atoms with Gasteiger partial charge in [0.1, 0.15) is 0 Å². The first-order valence-corrected chi connectivity index (χ1v) is 6.18. The molecule has 0 bridgehead atoms. The van der Waals surface area contributed by atoms with Gasteiger partial charge in [0.25, 0.3) is 0 Å². The Morgan fingerprint density at radius 2 is 1.83 bits per heavy atom. The maximum Gasteiger partial charge on any atom is 0.156 e. The zero-order chi connectivity index (χ0) is 12.7. The minimum atomic E-state index is 0.470. The van der Waals surface area contributed by atoms with Crippen LogP contribution in [0.25, 0.3) is 21.8 Å². The number of rotatable bonds is 1. The third-order valence-corrected chi connectivity index (χ3v) is 3.53. The van der Waals surface area contributed by atoms with Gasteiger partial charge in [-0.1, -0.05) is 41.4 Å². The Hall–Kier alpha value is -1.51. The Labute approximate surface area is 114 Å². The molecule has 0 aliphatic carbocycles. The largest absolute Gasteiger partial charge is 0.494 e. The molecular weight excluding hydrogens is 269 g/mol. The number of para-hydroxylation sites is 1. The topological polar surface area (TPSA) is 22.1 Å². The van der Waals surface area contributed by atoms with E-state index in [4.69, 9.17) is 27.9 Å². The summed E-state index contributed by atoms with van der Waals surface area (Å²) in [6.45, 7) is 0. The fourth-order valence-corrected chi connectivity index (χ4v) is 2.67.